The first kappa shape index (κ1) is 26.0. The third kappa shape index (κ3) is 6.18. The molecule has 34 heavy (non-hydrogen) atoms. The fraction of sp³-hybridized carbons (Fsp3) is 0.364. The number of hydrogen-bond donors (Lipinski definition) is 2. The van der Waals surface area contributed by atoms with E-state index in [4.69, 9.17) is 14.2 Å². The monoisotopic (exact) mass is 475 g/mol. The van der Waals surface area contributed by atoms with Gasteiger partial charge in [0.2, 0.25) is 0 Å². The molecule has 0 spiro atoms. The van der Waals surface area contributed by atoms with Crippen molar-refractivity contribution in [2.24, 2.45) is 5.92 Å². The summed E-state index contributed by atoms with van der Waals surface area (Å²) < 4.78 is 15.2. The number of nitrogens with one attached hydrogen (secondary N) is 2. The van der Waals surface area contributed by atoms with E-state index in [0.29, 0.717) is 0 Å². The molecule has 0 atom stereocenters. The van der Waals surface area contributed by atoms with Crippen molar-refractivity contribution in [3.05, 3.63) is 56.9 Å². The van der Waals surface area contributed by atoms with Crippen molar-refractivity contribution >= 4 is 35.2 Å². The van der Waals surface area contributed by atoms with Gasteiger partial charge in [0, 0.05) is 29.2 Å². The topological polar surface area (TPSA) is 163 Å². The second kappa shape index (κ2) is 11.6. The molecule has 2 N–H and O–H groups in total. The normalized spacial score (nSPS) is 13.6. The maximum Gasteiger partial charge on any atom is 0.337 e. The molecule has 0 fully saturated rings. The first-order valence-corrected chi connectivity index (χ1v) is 10.3. The molecule has 12 heteroatoms. The van der Waals surface area contributed by atoms with Crippen LogP contribution in [0.1, 0.15) is 27.7 Å². The number of carbonyl (C=O) groups is 4. The van der Waals surface area contributed by atoms with Crippen LogP contribution in [-0.2, 0) is 33.4 Å². The minimum Gasteiger partial charge on any atom is -0.463 e. The highest BCUT2D eigenvalue weighted by Crippen LogP contribution is 2.32. The number of hydrogen-bond acceptors (Lipinski definition) is 10. The van der Waals surface area contributed by atoms with E-state index >= 15 is 0 Å². The maximum absolute atomic E-state index is 13.0. The van der Waals surface area contributed by atoms with E-state index in [2.05, 4.69) is 10.6 Å². The van der Waals surface area contributed by atoms with Crippen molar-refractivity contribution in [1.29, 1.82) is 0 Å². The van der Waals surface area contributed by atoms with Gasteiger partial charge in [-0.1, -0.05) is 6.07 Å². The van der Waals surface area contributed by atoms with Gasteiger partial charge in [-0.3, -0.25) is 19.7 Å². The molecular weight excluding hydrogens is 450 g/mol. The van der Waals surface area contributed by atoms with Crippen LogP contribution in [0.25, 0.3) is 0 Å². The smallest absolute Gasteiger partial charge is 0.337 e. The quantitative estimate of drug-likeness (QED) is 0.234. The number of non-ortho nitro benzene ring substituents is 1. The molecule has 1 aliphatic rings. The van der Waals surface area contributed by atoms with Crippen LogP contribution in [0.5, 0.6) is 0 Å². The van der Waals surface area contributed by atoms with Gasteiger partial charge in [-0.15, -0.1) is 0 Å². The second-order valence-electron chi connectivity index (χ2n) is 7.04. The minimum absolute atomic E-state index is 0.0282. The van der Waals surface area contributed by atoms with Crippen molar-refractivity contribution < 1.29 is 38.3 Å². The summed E-state index contributed by atoms with van der Waals surface area (Å²) in [4.78, 5) is 60.7. The van der Waals surface area contributed by atoms with Crippen LogP contribution in [0.4, 0.5) is 11.4 Å². The Morgan fingerprint density at radius 2 is 1.56 bits per heavy atom. The molecule has 0 saturated carbocycles. The number of amides is 1. The van der Waals surface area contributed by atoms with Crippen molar-refractivity contribution in [1.82, 2.24) is 5.32 Å². The Kier molecular flexibility index (Phi) is 8.87. The third-order valence-electron chi connectivity index (χ3n) is 4.67. The summed E-state index contributed by atoms with van der Waals surface area (Å²) in [6.07, 6.45) is 0. The number of dihydropyridines is 1. The Hall–Kier alpha value is -4.22. The summed E-state index contributed by atoms with van der Waals surface area (Å²) in [5, 5.41) is 16.1. The lowest BCUT2D eigenvalue weighted by atomic mass is 9.85. The lowest BCUT2D eigenvalue weighted by Crippen LogP contribution is -2.39. The van der Waals surface area contributed by atoms with Crippen LogP contribution in [0, 0.1) is 16.0 Å². The van der Waals surface area contributed by atoms with Gasteiger partial charge in [-0.25, -0.2) is 9.59 Å². The van der Waals surface area contributed by atoms with E-state index < -0.39 is 41.3 Å². The van der Waals surface area contributed by atoms with Gasteiger partial charge in [0.1, 0.15) is 5.92 Å². The predicted molar refractivity (Wildman–Crippen MR) is 118 cm³/mol. The zero-order chi connectivity index (χ0) is 25.4. The molecule has 12 nitrogen and oxygen atoms in total. The molecule has 2 rings (SSSR count). The van der Waals surface area contributed by atoms with Crippen LogP contribution in [0.2, 0.25) is 0 Å². The van der Waals surface area contributed by atoms with Crippen LogP contribution in [-0.4, -0.2) is 48.6 Å². The van der Waals surface area contributed by atoms with Gasteiger partial charge >= 0.3 is 17.9 Å². The predicted octanol–water partition coefficient (Wildman–Crippen LogP) is 1.97. The zero-order valence-corrected chi connectivity index (χ0v) is 19.1. The second-order valence-corrected chi connectivity index (χ2v) is 7.04. The SMILES string of the molecule is CCOC(=O)C1=C(C)NC(C)=C(C(=O)OCC)C1C(=O)OCC(=O)Nc1cccc([N+](=O)[O-])c1. The Balaban J connectivity index is 2.25. The lowest BCUT2D eigenvalue weighted by molar-refractivity contribution is -0.384. The number of anilines is 1. The molecule has 0 aliphatic carbocycles. The fourth-order valence-electron chi connectivity index (χ4n) is 3.30. The first-order chi connectivity index (χ1) is 16.1. The number of allylic oxidation sites excluding steroid dienone is 2. The lowest BCUT2D eigenvalue weighted by Gasteiger charge is -2.28. The first-order valence-electron chi connectivity index (χ1n) is 10.3. The number of nitro groups is 1. The van der Waals surface area contributed by atoms with Crippen LogP contribution >= 0.6 is 0 Å². The summed E-state index contributed by atoms with van der Waals surface area (Å²) in [5.41, 5.74) is 0.185. The minimum atomic E-state index is -1.48. The molecule has 182 valence electrons. The molecule has 1 aromatic carbocycles. The highest BCUT2D eigenvalue weighted by molar-refractivity contribution is 6.06. The van der Waals surface area contributed by atoms with E-state index in [1.54, 1.807) is 13.8 Å². The third-order valence-corrected chi connectivity index (χ3v) is 4.67. The molecular formula is C22H25N3O9. The number of nitrogens with zero attached hydrogens (tertiary/aromatic N) is 1. The molecule has 1 heterocycles. The van der Waals surface area contributed by atoms with Crippen molar-refractivity contribution in [2.75, 3.05) is 25.1 Å². The van der Waals surface area contributed by atoms with E-state index in [1.165, 1.54) is 32.0 Å². The zero-order valence-electron chi connectivity index (χ0n) is 19.1. The molecule has 0 unspecified atom stereocenters. The summed E-state index contributed by atoms with van der Waals surface area (Å²) in [6.45, 7) is 5.53. The van der Waals surface area contributed by atoms with E-state index in [1.807, 2.05) is 0 Å². The number of benzene rings is 1. The van der Waals surface area contributed by atoms with Gasteiger partial charge in [0.15, 0.2) is 6.61 Å². The average Bonchev–Trinajstić information content (AvgIpc) is 2.77. The van der Waals surface area contributed by atoms with Crippen molar-refractivity contribution in [3.63, 3.8) is 0 Å². The van der Waals surface area contributed by atoms with Gasteiger partial charge in [0.25, 0.3) is 11.6 Å². The van der Waals surface area contributed by atoms with Gasteiger partial charge in [-0.2, -0.15) is 0 Å². The molecule has 0 saturated heterocycles. The number of rotatable bonds is 9. The largest absolute Gasteiger partial charge is 0.463 e. The Bertz CT molecular complexity index is 1040. The Labute approximate surface area is 195 Å². The Morgan fingerprint density at radius 1 is 1.00 bits per heavy atom. The highest BCUT2D eigenvalue weighted by atomic mass is 16.6. The van der Waals surface area contributed by atoms with E-state index in [0.717, 1.165) is 6.07 Å². The van der Waals surface area contributed by atoms with Crippen molar-refractivity contribution in [2.45, 2.75) is 27.7 Å². The molecule has 1 amide bonds. The van der Waals surface area contributed by atoms with E-state index in [-0.39, 0.29) is 47.1 Å². The number of carbonyl (C=O) groups excluding carboxylic acids is 4. The summed E-state index contributed by atoms with van der Waals surface area (Å²) in [6, 6.07) is 5.20. The highest BCUT2D eigenvalue weighted by Gasteiger charge is 2.42. The fourth-order valence-corrected chi connectivity index (χ4v) is 3.30. The standard InChI is InChI=1S/C22H25N3O9/c1-5-32-20(27)17-12(3)23-13(4)18(21(28)33-6-2)19(17)22(29)34-11-16(26)24-14-8-7-9-15(10-14)25(30)31/h7-10,19,23H,5-6,11H2,1-4H3,(H,24,26). The maximum atomic E-state index is 13.0. The van der Waals surface area contributed by atoms with Gasteiger partial charge < -0.3 is 24.8 Å². The molecule has 1 aliphatic heterocycles. The number of esters is 3. The van der Waals surface area contributed by atoms with Crippen LogP contribution in [0.15, 0.2) is 46.8 Å². The molecule has 1 aromatic rings. The van der Waals surface area contributed by atoms with Crippen molar-refractivity contribution in [3.8, 4) is 0 Å². The molecule has 0 radical (unpaired) electrons. The van der Waals surface area contributed by atoms with Gasteiger partial charge in [0.05, 0.1) is 29.3 Å². The van der Waals surface area contributed by atoms with Crippen LogP contribution in [0.3, 0.4) is 0 Å². The van der Waals surface area contributed by atoms with E-state index in [9.17, 15) is 29.3 Å². The summed E-state index contributed by atoms with van der Waals surface area (Å²) in [5.74, 6) is -4.96. The molecule has 0 bridgehead atoms. The number of ether oxygens (including phenoxy) is 3. The summed E-state index contributed by atoms with van der Waals surface area (Å²) in [7, 11) is 0. The summed E-state index contributed by atoms with van der Waals surface area (Å²) >= 11 is 0. The average molecular weight is 475 g/mol. The Morgan fingerprint density at radius 3 is 2.06 bits per heavy atom. The van der Waals surface area contributed by atoms with Gasteiger partial charge in [-0.05, 0) is 33.8 Å². The molecule has 0 aromatic heterocycles. The van der Waals surface area contributed by atoms with Crippen LogP contribution < -0.4 is 10.6 Å². The number of nitro benzene ring substituents is 1.